The molecular formula is C28H36FN3O3. The van der Waals surface area contributed by atoms with Gasteiger partial charge in [-0.05, 0) is 67.5 Å². The largest absolute Gasteiger partial charge is 0.378 e. The first-order valence-electron chi connectivity index (χ1n) is 12.9. The van der Waals surface area contributed by atoms with Crippen LogP contribution in [-0.4, -0.2) is 71.7 Å². The fourth-order valence-corrected chi connectivity index (χ4v) is 5.98. The topological polar surface area (TPSA) is 56.2 Å². The summed E-state index contributed by atoms with van der Waals surface area (Å²) in [5.74, 6) is -0.379. The lowest BCUT2D eigenvalue weighted by Crippen LogP contribution is -2.45. The Labute approximate surface area is 207 Å². The van der Waals surface area contributed by atoms with Crippen LogP contribution >= 0.6 is 0 Å². The average molecular weight is 482 g/mol. The molecule has 3 heterocycles. The molecule has 3 aliphatic rings. The van der Waals surface area contributed by atoms with Gasteiger partial charge in [0.15, 0.2) is 0 Å². The van der Waals surface area contributed by atoms with Crippen molar-refractivity contribution in [3.63, 3.8) is 0 Å². The molecule has 1 N–H and O–H groups in total. The van der Waals surface area contributed by atoms with E-state index in [9.17, 15) is 14.3 Å². The minimum Gasteiger partial charge on any atom is -0.378 e. The number of hydrogen-bond donors (Lipinski definition) is 1. The summed E-state index contributed by atoms with van der Waals surface area (Å²) in [5.41, 5.74) is 3.28. The number of halogens is 1. The van der Waals surface area contributed by atoms with E-state index in [4.69, 9.17) is 4.74 Å². The smallest absolute Gasteiger partial charge is 0.244 e. The molecule has 6 nitrogen and oxygen atoms in total. The molecule has 2 unspecified atom stereocenters. The highest BCUT2D eigenvalue weighted by molar-refractivity contribution is 5.83. The highest BCUT2D eigenvalue weighted by Crippen LogP contribution is 2.44. The minimum absolute atomic E-state index is 0.0499. The number of likely N-dealkylation sites (tertiary alicyclic amines) is 2. The molecule has 7 heteroatoms. The van der Waals surface area contributed by atoms with Gasteiger partial charge >= 0.3 is 0 Å². The molecule has 0 saturated carbocycles. The molecule has 0 aliphatic carbocycles. The van der Waals surface area contributed by atoms with E-state index in [1.165, 1.54) is 23.3 Å². The standard InChI is InChI=1S/C28H36FN3O3/c1-30(27(34)26(32-17-4-8-25(32)33)21-9-11-23(29)12-10-21)15-5-16-31-18-13-28(14-19-31)24-7-3-2-6-22(24)20-35-28/h2-3,6-7,9-12,25-26,33H,4-5,8,13-20H2,1H3. The summed E-state index contributed by atoms with van der Waals surface area (Å²) in [4.78, 5) is 19.6. The number of ether oxygens (including phenoxy) is 1. The normalized spacial score (nSPS) is 22.9. The van der Waals surface area contributed by atoms with Crippen LogP contribution in [0.3, 0.4) is 0 Å². The number of likely N-dealkylation sites (N-methyl/N-ethyl adjacent to an activating group) is 1. The summed E-state index contributed by atoms with van der Waals surface area (Å²) < 4.78 is 19.8. The third-order valence-electron chi connectivity index (χ3n) is 8.03. The van der Waals surface area contributed by atoms with Gasteiger partial charge in [-0.3, -0.25) is 9.69 Å². The second-order valence-electron chi connectivity index (χ2n) is 10.2. The van der Waals surface area contributed by atoms with E-state index in [-0.39, 0.29) is 17.3 Å². The van der Waals surface area contributed by atoms with Crippen molar-refractivity contribution in [3.05, 3.63) is 71.0 Å². The molecule has 0 bridgehead atoms. The molecule has 35 heavy (non-hydrogen) atoms. The Morgan fingerprint density at radius 2 is 1.91 bits per heavy atom. The van der Waals surface area contributed by atoms with Crippen LogP contribution in [0, 0.1) is 5.82 Å². The van der Waals surface area contributed by atoms with Gasteiger partial charge in [0, 0.05) is 33.2 Å². The number of rotatable bonds is 7. The maximum atomic E-state index is 13.5. The highest BCUT2D eigenvalue weighted by Gasteiger charge is 2.42. The van der Waals surface area contributed by atoms with Crippen LogP contribution in [0.2, 0.25) is 0 Å². The summed E-state index contributed by atoms with van der Waals surface area (Å²) in [7, 11) is 1.83. The van der Waals surface area contributed by atoms with Gasteiger partial charge in [-0.15, -0.1) is 0 Å². The number of nitrogens with zero attached hydrogens (tertiary/aromatic N) is 3. The molecule has 2 aromatic carbocycles. The van der Waals surface area contributed by atoms with Crippen LogP contribution < -0.4 is 0 Å². The van der Waals surface area contributed by atoms with Crippen molar-refractivity contribution in [3.8, 4) is 0 Å². The van der Waals surface area contributed by atoms with Gasteiger partial charge in [0.05, 0.1) is 12.2 Å². The van der Waals surface area contributed by atoms with Crippen molar-refractivity contribution < 1.29 is 19.0 Å². The average Bonchev–Trinajstić information content (AvgIpc) is 3.45. The van der Waals surface area contributed by atoms with Gasteiger partial charge in [0.25, 0.3) is 0 Å². The molecule has 2 fully saturated rings. The zero-order valence-corrected chi connectivity index (χ0v) is 20.5. The number of carbonyl (C=O) groups excluding carboxylic acids is 1. The van der Waals surface area contributed by atoms with E-state index in [2.05, 4.69) is 29.2 Å². The first-order valence-corrected chi connectivity index (χ1v) is 12.9. The number of hydrogen-bond acceptors (Lipinski definition) is 5. The van der Waals surface area contributed by atoms with E-state index in [1.807, 2.05) is 11.9 Å². The van der Waals surface area contributed by atoms with Gasteiger partial charge in [-0.1, -0.05) is 36.4 Å². The summed E-state index contributed by atoms with van der Waals surface area (Å²) in [6.45, 7) is 4.92. The van der Waals surface area contributed by atoms with E-state index < -0.39 is 12.3 Å². The maximum absolute atomic E-state index is 13.5. The lowest BCUT2D eigenvalue weighted by Gasteiger charge is -2.39. The van der Waals surface area contributed by atoms with Gasteiger partial charge in [0.2, 0.25) is 5.91 Å². The Hall–Kier alpha value is -2.32. The summed E-state index contributed by atoms with van der Waals surface area (Å²) in [6, 6.07) is 14.1. The monoisotopic (exact) mass is 481 g/mol. The molecule has 188 valence electrons. The molecular weight excluding hydrogens is 445 g/mol. The Morgan fingerprint density at radius 1 is 1.17 bits per heavy atom. The predicted molar refractivity (Wildman–Crippen MR) is 132 cm³/mol. The lowest BCUT2D eigenvalue weighted by molar-refractivity contribution is -0.139. The summed E-state index contributed by atoms with van der Waals surface area (Å²) in [6.07, 6.45) is 3.73. The number of carbonyl (C=O) groups is 1. The van der Waals surface area contributed by atoms with Crippen molar-refractivity contribution in [1.82, 2.24) is 14.7 Å². The molecule has 2 aromatic rings. The Morgan fingerprint density at radius 3 is 2.63 bits per heavy atom. The summed E-state index contributed by atoms with van der Waals surface area (Å²) in [5, 5.41) is 10.5. The fraction of sp³-hybridized carbons (Fsp3) is 0.536. The minimum atomic E-state index is -0.647. The Kier molecular flexibility index (Phi) is 7.21. The van der Waals surface area contributed by atoms with Crippen molar-refractivity contribution in [2.45, 2.75) is 56.6 Å². The number of piperidine rings is 1. The second kappa shape index (κ2) is 10.3. The second-order valence-corrected chi connectivity index (χ2v) is 10.2. The number of benzene rings is 2. The van der Waals surface area contributed by atoms with Crippen LogP contribution in [-0.2, 0) is 21.7 Å². The van der Waals surface area contributed by atoms with Crippen molar-refractivity contribution in [2.24, 2.45) is 0 Å². The molecule has 5 rings (SSSR count). The van der Waals surface area contributed by atoms with E-state index >= 15 is 0 Å². The summed E-state index contributed by atoms with van der Waals surface area (Å²) >= 11 is 0. The molecule has 1 spiro atoms. The number of aliphatic hydroxyl groups excluding tert-OH is 1. The van der Waals surface area contributed by atoms with Gasteiger partial charge in [0.1, 0.15) is 18.1 Å². The van der Waals surface area contributed by atoms with Crippen LogP contribution in [0.25, 0.3) is 0 Å². The SMILES string of the molecule is CN(CCCN1CCC2(CC1)OCc1ccccc12)C(=O)C(c1ccc(F)cc1)N1CCCC1O. The number of fused-ring (bicyclic) bond motifs is 2. The lowest BCUT2D eigenvalue weighted by atomic mass is 9.84. The number of amides is 1. The third kappa shape index (κ3) is 5.00. The first kappa shape index (κ1) is 24.4. The zero-order valence-electron chi connectivity index (χ0n) is 20.5. The van der Waals surface area contributed by atoms with Crippen LogP contribution in [0.4, 0.5) is 4.39 Å². The highest BCUT2D eigenvalue weighted by atomic mass is 19.1. The van der Waals surface area contributed by atoms with Crippen LogP contribution in [0.5, 0.6) is 0 Å². The predicted octanol–water partition coefficient (Wildman–Crippen LogP) is 3.65. The Balaban J connectivity index is 1.15. The van der Waals surface area contributed by atoms with Gasteiger partial charge < -0.3 is 19.6 Å². The first-order chi connectivity index (χ1) is 17.0. The van der Waals surface area contributed by atoms with Crippen LogP contribution in [0.15, 0.2) is 48.5 Å². The van der Waals surface area contributed by atoms with Crippen molar-refractivity contribution >= 4 is 5.91 Å². The molecule has 0 radical (unpaired) electrons. The van der Waals surface area contributed by atoms with Gasteiger partial charge in [-0.25, -0.2) is 4.39 Å². The van der Waals surface area contributed by atoms with E-state index in [1.54, 1.807) is 17.0 Å². The fourth-order valence-electron chi connectivity index (χ4n) is 5.98. The zero-order chi connectivity index (χ0) is 24.4. The van der Waals surface area contributed by atoms with E-state index in [0.29, 0.717) is 26.1 Å². The molecule has 2 atom stereocenters. The molecule has 0 aromatic heterocycles. The quantitative estimate of drug-likeness (QED) is 0.654. The Bertz CT molecular complexity index is 1020. The van der Waals surface area contributed by atoms with Gasteiger partial charge in [-0.2, -0.15) is 0 Å². The molecule has 3 aliphatic heterocycles. The third-order valence-corrected chi connectivity index (χ3v) is 8.03. The van der Waals surface area contributed by atoms with Crippen LogP contribution in [0.1, 0.15) is 54.8 Å². The number of aliphatic hydroxyl groups is 1. The van der Waals surface area contributed by atoms with Crippen molar-refractivity contribution in [2.75, 3.05) is 39.8 Å². The molecule has 2 saturated heterocycles. The maximum Gasteiger partial charge on any atom is 0.244 e. The molecule has 1 amide bonds. The van der Waals surface area contributed by atoms with Crippen molar-refractivity contribution in [1.29, 1.82) is 0 Å². The van der Waals surface area contributed by atoms with E-state index in [0.717, 1.165) is 50.9 Å².